The standard InChI is InChI=1S/C21H37N5/c1-5-22-21(23-8-7-20-16-18(3)15-19(4)17-20)24-9-10-26-13-11-25(6-2)12-14-26/h15-17H,5-14H2,1-4H3,(H2,22,23,24). The van der Waals surface area contributed by atoms with Gasteiger partial charge in [-0.05, 0) is 39.3 Å². The zero-order chi connectivity index (χ0) is 18.8. The van der Waals surface area contributed by atoms with Crippen molar-refractivity contribution in [2.45, 2.75) is 34.1 Å². The van der Waals surface area contributed by atoms with Gasteiger partial charge in [-0.15, -0.1) is 0 Å². The zero-order valence-corrected chi connectivity index (χ0v) is 17.1. The molecule has 146 valence electrons. The van der Waals surface area contributed by atoms with Gasteiger partial charge in [-0.25, -0.2) is 0 Å². The van der Waals surface area contributed by atoms with Gasteiger partial charge in [0.05, 0.1) is 6.54 Å². The third-order valence-corrected chi connectivity index (χ3v) is 4.93. The van der Waals surface area contributed by atoms with Crippen LogP contribution in [0.15, 0.2) is 23.2 Å². The third kappa shape index (κ3) is 7.34. The Bertz CT molecular complexity index is 541. The van der Waals surface area contributed by atoms with Crippen LogP contribution in [0.25, 0.3) is 0 Å². The molecule has 1 fully saturated rings. The summed E-state index contributed by atoms with van der Waals surface area (Å²) >= 11 is 0. The van der Waals surface area contributed by atoms with E-state index in [2.05, 4.69) is 66.3 Å². The molecule has 0 aliphatic carbocycles. The molecule has 1 aromatic carbocycles. The van der Waals surface area contributed by atoms with E-state index in [-0.39, 0.29) is 0 Å². The van der Waals surface area contributed by atoms with Crippen molar-refractivity contribution in [2.24, 2.45) is 4.99 Å². The number of hydrogen-bond donors (Lipinski definition) is 2. The van der Waals surface area contributed by atoms with Gasteiger partial charge < -0.3 is 15.5 Å². The van der Waals surface area contributed by atoms with Gasteiger partial charge in [-0.1, -0.05) is 36.2 Å². The maximum atomic E-state index is 4.75. The first kappa shape index (κ1) is 20.7. The molecule has 2 N–H and O–H groups in total. The average molecular weight is 360 g/mol. The van der Waals surface area contributed by atoms with Crippen molar-refractivity contribution in [3.05, 3.63) is 34.9 Å². The van der Waals surface area contributed by atoms with Crippen LogP contribution in [-0.2, 0) is 6.42 Å². The largest absolute Gasteiger partial charge is 0.357 e. The second-order valence-electron chi connectivity index (χ2n) is 7.21. The first-order chi connectivity index (χ1) is 12.6. The number of guanidine groups is 1. The van der Waals surface area contributed by atoms with E-state index in [0.29, 0.717) is 0 Å². The first-order valence-corrected chi connectivity index (χ1v) is 10.1. The van der Waals surface area contributed by atoms with Gasteiger partial charge in [-0.2, -0.15) is 0 Å². The SMILES string of the molecule is CCNC(=NCCN1CCN(CC)CC1)NCCc1cc(C)cc(C)c1. The minimum Gasteiger partial charge on any atom is -0.357 e. The average Bonchev–Trinajstić information content (AvgIpc) is 2.61. The summed E-state index contributed by atoms with van der Waals surface area (Å²) in [5, 5.41) is 6.83. The molecule has 1 aliphatic heterocycles. The summed E-state index contributed by atoms with van der Waals surface area (Å²) in [5.41, 5.74) is 4.06. The van der Waals surface area contributed by atoms with E-state index >= 15 is 0 Å². The fourth-order valence-electron chi connectivity index (χ4n) is 3.51. The highest BCUT2D eigenvalue weighted by Crippen LogP contribution is 2.09. The first-order valence-electron chi connectivity index (χ1n) is 10.1. The summed E-state index contributed by atoms with van der Waals surface area (Å²) in [6.07, 6.45) is 1.02. The normalized spacial score (nSPS) is 16.7. The molecule has 0 spiro atoms. The summed E-state index contributed by atoms with van der Waals surface area (Å²) < 4.78 is 0. The second-order valence-corrected chi connectivity index (χ2v) is 7.21. The van der Waals surface area contributed by atoms with E-state index in [1.165, 1.54) is 49.4 Å². The van der Waals surface area contributed by atoms with Crippen molar-refractivity contribution in [3.63, 3.8) is 0 Å². The summed E-state index contributed by atoms with van der Waals surface area (Å²) in [5.74, 6) is 0.934. The Hall–Kier alpha value is -1.59. The molecular formula is C21H37N5. The molecule has 0 aromatic heterocycles. The van der Waals surface area contributed by atoms with Crippen LogP contribution in [0.1, 0.15) is 30.5 Å². The molecule has 0 unspecified atom stereocenters. The van der Waals surface area contributed by atoms with Crippen LogP contribution < -0.4 is 10.6 Å². The number of nitrogens with zero attached hydrogens (tertiary/aromatic N) is 3. The van der Waals surface area contributed by atoms with E-state index in [0.717, 1.165) is 38.6 Å². The van der Waals surface area contributed by atoms with Crippen LogP contribution >= 0.6 is 0 Å². The molecule has 0 atom stereocenters. The Morgan fingerprint density at radius 1 is 0.962 bits per heavy atom. The van der Waals surface area contributed by atoms with Crippen LogP contribution in [0, 0.1) is 13.8 Å². The van der Waals surface area contributed by atoms with Crippen LogP contribution in [0.3, 0.4) is 0 Å². The minimum absolute atomic E-state index is 0.852. The molecule has 0 bridgehead atoms. The fourth-order valence-corrected chi connectivity index (χ4v) is 3.51. The maximum absolute atomic E-state index is 4.75. The number of likely N-dealkylation sites (N-methyl/N-ethyl adjacent to an activating group) is 1. The molecule has 26 heavy (non-hydrogen) atoms. The van der Waals surface area contributed by atoms with E-state index < -0.39 is 0 Å². The Morgan fingerprint density at radius 2 is 1.62 bits per heavy atom. The van der Waals surface area contributed by atoms with E-state index in [4.69, 9.17) is 4.99 Å². The Kier molecular flexibility index (Phi) is 8.92. The van der Waals surface area contributed by atoms with Crippen LogP contribution in [0.2, 0.25) is 0 Å². The topological polar surface area (TPSA) is 42.9 Å². The lowest BCUT2D eigenvalue weighted by atomic mass is 10.1. The highest BCUT2D eigenvalue weighted by molar-refractivity contribution is 5.79. The van der Waals surface area contributed by atoms with Gasteiger partial charge >= 0.3 is 0 Å². The molecule has 1 heterocycles. The van der Waals surface area contributed by atoms with Crippen molar-refractivity contribution in [1.29, 1.82) is 0 Å². The number of aliphatic imine (C=N–C) groups is 1. The molecule has 2 rings (SSSR count). The number of nitrogens with one attached hydrogen (secondary N) is 2. The molecule has 5 heteroatoms. The molecule has 0 amide bonds. The van der Waals surface area contributed by atoms with Gasteiger partial charge in [0.2, 0.25) is 0 Å². The fraction of sp³-hybridized carbons (Fsp3) is 0.667. The Balaban J connectivity index is 1.73. The van der Waals surface area contributed by atoms with Crippen molar-refractivity contribution in [1.82, 2.24) is 20.4 Å². The van der Waals surface area contributed by atoms with Crippen LogP contribution in [0.5, 0.6) is 0 Å². The van der Waals surface area contributed by atoms with Gasteiger partial charge in [0.1, 0.15) is 0 Å². The predicted octanol–water partition coefficient (Wildman–Crippen LogP) is 2.04. The van der Waals surface area contributed by atoms with Crippen molar-refractivity contribution >= 4 is 5.96 Å². The lowest BCUT2D eigenvalue weighted by Crippen LogP contribution is -2.47. The molecule has 1 aliphatic rings. The lowest BCUT2D eigenvalue weighted by molar-refractivity contribution is 0.140. The maximum Gasteiger partial charge on any atom is 0.191 e. The lowest BCUT2D eigenvalue weighted by Gasteiger charge is -2.33. The number of aryl methyl sites for hydroxylation is 2. The number of rotatable bonds is 8. The smallest absolute Gasteiger partial charge is 0.191 e. The number of hydrogen-bond acceptors (Lipinski definition) is 3. The Morgan fingerprint density at radius 3 is 2.23 bits per heavy atom. The quantitative estimate of drug-likeness (QED) is 0.551. The molecule has 1 saturated heterocycles. The van der Waals surface area contributed by atoms with Gasteiger partial charge in [0.25, 0.3) is 0 Å². The molecule has 0 saturated carbocycles. The summed E-state index contributed by atoms with van der Waals surface area (Å²) in [6, 6.07) is 6.77. The summed E-state index contributed by atoms with van der Waals surface area (Å²) in [7, 11) is 0. The second kappa shape index (κ2) is 11.2. The monoisotopic (exact) mass is 359 g/mol. The van der Waals surface area contributed by atoms with Gasteiger partial charge in [0.15, 0.2) is 5.96 Å². The minimum atomic E-state index is 0.852. The van der Waals surface area contributed by atoms with Crippen LogP contribution in [-0.4, -0.2) is 74.7 Å². The van der Waals surface area contributed by atoms with Crippen molar-refractivity contribution < 1.29 is 0 Å². The summed E-state index contributed by atoms with van der Waals surface area (Å²) in [4.78, 5) is 9.79. The molecule has 0 radical (unpaired) electrons. The Labute approximate surface area is 159 Å². The van der Waals surface area contributed by atoms with E-state index in [1.54, 1.807) is 0 Å². The molecule has 1 aromatic rings. The van der Waals surface area contributed by atoms with E-state index in [1.807, 2.05) is 0 Å². The van der Waals surface area contributed by atoms with Crippen molar-refractivity contribution in [2.75, 3.05) is 58.9 Å². The highest BCUT2D eigenvalue weighted by Gasteiger charge is 2.14. The van der Waals surface area contributed by atoms with E-state index in [9.17, 15) is 0 Å². The number of piperazine rings is 1. The molecule has 5 nitrogen and oxygen atoms in total. The highest BCUT2D eigenvalue weighted by atomic mass is 15.3. The number of benzene rings is 1. The zero-order valence-electron chi connectivity index (χ0n) is 17.1. The van der Waals surface area contributed by atoms with Crippen LogP contribution in [0.4, 0.5) is 0 Å². The third-order valence-electron chi connectivity index (χ3n) is 4.93. The van der Waals surface area contributed by atoms with Crippen molar-refractivity contribution in [3.8, 4) is 0 Å². The summed E-state index contributed by atoms with van der Waals surface area (Å²) in [6.45, 7) is 18.3. The predicted molar refractivity (Wildman–Crippen MR) is 112 cm³/mol. The van der Waals surface area contributed by atoms with Gasteiger partial charge in [-0.3, -0.25) is 9.89 Å². The van der Waals surface area contributed by atoms with Gasteiger partial charge in [0, 0.05) is 45.8 Å². The molecular weight excluding hydrogens is 322 g/mol.